The first-order valence-corrected chi connectivity index (χ1v) is 9.99. The minimum atomic E-state index is -4.40. The van der Waals surface area contributed by atoms with Crippen molar-refractivity contribution in [2.45, 2.75) is 56.6 Å². The molecule has 1 fully saturated rings. The summed E-state index contributed by atoms with van der Waals surface area (Å²) in [5, 5.41) is 2.50. The molecule has 1 N–H and O–H groups in total. The molecule has 0 aromatic heterocycles. The third kappa shape index (κ3) is 5.35. The number of nitrogens with zero attached hydrogens (tertiary/aromatic N) is 1. The lowest BCUT2D eigenvalue weighted by Gasteiger charge is -2.35. The summed E-state index contributed by atoms with van der Waals surface area (Å²) in [7, 11) is -4.40. The number of sulfonamides is 1. The van der Waals surface area contributed by atoms with Crippen molar-refractivity contribution in [1.82, 2.24) is 9.62 Å². The van der Waals surface area contributed by atoms with E-state index in [-0.39, 0.29) is 19.2 Å². The highest BCUT2D eigenvalue weighted by molar-refractivity contribution is 7.89. The monoisotopic (exact) mass is 408 g/mol. The van der Waals surface area contributed by atoms with Crippen LogP contribution in [0.15, 0.2) is 17.0 Å². The average Bonchev–Trinajstić information content (AvgIpc) is 2.55. The lowest BCUT2D eigenvalue weighted by Crippen LogP contribution is -2.50. The number of hydrogen-bond donors (Lipinski definition) is 1. The van der Waals surface area contributed by atoms with Crippen molar-refractivity contribution >= 4 is 16.1 Å². The quantitative estimate of drug-likeness (QED) is 0.777. The highest BCUT2D eigenvalue weighted by Crippen LogP contribution is 2.28. The largest absolute Gasteiger partial charge is 0.444 e. The maximum absolute atomic E-state index is 14.0. The molecule has 1 aromatic carbocycles. The van der Waals surface area contributed by atoms with Crippen LogP contribution in [0.2, 0.25) is 0 Å². The van der Waals surface area contributed by atoms with Gasteiger partial charge >= 0.3 is 6.09 Å². The Kier molecular flexibility index (Phi) is 6.41. The topological polar surface area (TPSA) is 75.7 Å². The van der Waals surface area contributed by atoms with Crippen molar-refractivity contribution in [3.63, 3.8) is 0 Å². The van der Waals surface area contributed by atoms with Crippen LogP contribution in [0.5, 0.6) is 0 Å². The van der Waals surface area contributed by atoms with Crippen molar-refractivity contribution in [2.75, 3.05) is 13.1 Å². The van der Waals surface area contributed by atoms with Gasteiger partial charge in [-0.1, -0.05) is 6.42 Å². The second-order valence-electron chi connectivity index (χ2n) is 7.34. The van der Waals surface area contributed by atoms with Gasteiger partial charge in [0.15, 0.2) is 11.6 Å². The lowest BCUT2D eigenvalue weighted by atomic mass is 10.1. The standard InChI is InChI=1S/C17H23F3N2O4S/c1-17(2,3)26-16(23)21-10-11-6-4-5-7-22(11)27(24,25)15-9-13(19)12(18)8-14(15)20/h8-9,11H,4-7,10H2,1-3H3,(H,21,23). The van der Waals surface area contributed by atoms with Gasteiger partial charge in [0.2, 0.25) is 10.0 Å². The van der Waals surface area contributed by atoms with E-state index in [0.717, 1.165) is 4.31 Å². The van der Waals surface area contributed by atoms with E-state index in [1.807, 2.05) is 0 Å². The van der Waals surface area contributed by atoms with Gasteiger partial charge in [-0.05, 0) is 39.7 Å². The Morgan fingerprint density at radius 2 is 1.81 bits per heavy atom. The van der Waals surface area contributed by atoms with Gasteiger partial charge in [-0.15, -0.1) is 0 Å². The molecule has 0 aliphatic carbocycles. The van der Waals surface area contributed by atoms with E-state index in [2.05, 4.69) is 5.32 Å². The van der Waals surface area contributed by atoms with E-state index >= 15 is 0 Å². The van der Waals surface area contributed by atoms with Crippen LogP contribution in [0.4, 0.5) is 18.0 Å². The van der Waals surface area contributed by atoms with Crippen molar-refractivity contribution in [3.05, 3.63) is 29.6 Å². The second-order valence-corrected chi connectivity index (χ2v) is 9.20. The number of benzene rings is 1. The van der Waals surface area contributed by atoms with Crippen LogP contribution in [0, 0.1) is 17.5 Å². The Hall–Kier alpha value is -1.81. The maximum Gasteiger partial charge on any atom is 0.407 e. The SMILES string of the molecule is CC(C)(C)OC(=O)NCC1CCCCN1S(=O)(=O)c1cc(F)c(F)cc1F. The normalized spacial score (nSPS) is 19.0. The molecule has 1 aliphatic rings. The third-order valence-corrected chi connectivity index (χ3v) is 5.98. The van der Waals surface area contributed by atoms with Gasteiger partial charge in [0, 0.05) is 25.2 Å². The molecule has 0 bridgehead atoms. The predicted octanol–water partition coefficient (Wildman–Crippen LogP) is 3.17. The molecule has 1 saturated heterocycles. The van der Waals surface area contributed by atoms with Gasteiger partial charge < -0.3 is 10.1 Å². The van der Waals surface area contributed by atoms with E-state index in [9.17, 15) is 26.4 Å². The number of halogens is 3. The first-order chi connectivity index (χ1) is 12.4. The molecule has 152 valence electrons. The Balaban J connectivity index is 2.21. The Morgan fingerprint density at radius 1 is 1.19 bits per heavy atom. The number of alkyl carbamates (subject to hydrolysis) is 1. The fraction of sp³-hybridized carbons (Fsp3) is 0.588. The van der Waals surface area contributed by atoms with Crippen LogP contribution in [0.3, 0.4) is 0 Å². The molecule has 27 heavy (non-hydrogen) atoms. The molecule has 0 radical (unpaired) electrons. The molecular weight excluding hydrogens is 385 g/mol. The Morgan fingerprint density at radius 3 is 2.44 bits per heavy atom. The van der Waals surface area contributed by atoms with Crippen LogP contribution in [0.1, 0.15) is 40.0 Å². The zero-order valence-corrected chi connectivity index (χ0v) is 16.2. The number of carbonyl (C=O) groups excluding carboxylic acids is 1. The average molecular weight is 408 g/mol. The fourth-order valence-corrected chi connectivity index (χ4v) is 4.59. The summed E-state index contributed by atoms with van der Waals surface area (Å²) in [6.07, 6.45) is 0.977. The molecule has 0 spiro atoms. The lowest BCUT2D eigenvalue weighted by molar-refractivity contribution is 0.0512. The first kappa shape index (κ1) is 21.5. The molecular formula is C17H23F3N2O4S. The van der Waals surface area contributed by atoms with Crippen LogP contribution in [-0.2, 0) is 14.8 Å². The minimum Gasteiger partial charge on any atom is -0.444 e. The van der Waals surface area contributed by atoms with Gasteiger partial charge in [-0.2, -0.15) is 4.31 Å². The van der Waals surface area contributed by atoms with E-state index in [0.29, 0.717) is 25.3 Å². The molecule has 1 aliphatic heterocycles. The number of nitrogens with one attached hydrogen (secondary N) is 1. The molecule has 10 heteroatoms. The highest BCUT2D eigenvalue weighted by Gasteiger charge is 2.36. The van der Waals surface area contributed by atoms with Crippen molar-refractivity contribution < 1.29 is 31.1 Å². The maximum atomic E-state index is 14.0. The minimum absolute atomic E-state index is 0.0422. The van der Waals surface area contributed by atoms with Crippen LogP contribution < -0.4 is 5.32 Å². The molecule has 1 heterocycles. The molecule has 1 amide bonds. The van der Waals surface area contributed by atoms with E-state index in [1.54, 1.807) is 20.8 Å². The van der Waals surface area contributed by atoms with Crippen LogP contribution >= 0.6 is 0 Å². The molecule has 1 atom stereocenters. The zero-order valence-electron chi connectivity index (χ0n) is 15.4. The molecule has 6 nitrogen and oxygen atoms in total. The van der Waals surface area contributed by atoms with E-state index in [4.69, 9.17) is 4.74 Å². The number of amides is 1. The number of piperidine rings is 1. The zero-order chi connectivity index (χ0) is 20.4. The van der Waals surface area contributed by atoms with Crippen LogP contribution in [0.25, 0.3) is 0 Å². The summed E-state index contributed by atoms with van der Waals surface area (Å²) >= 11 is 0. The molecule has 0 saturated carbocycles. The summed E-state index contributed by atoms with van der Waals surface area (Å²) < 4.78 is 72.3. The predicted molar refractivity (Wildman–Crippen MR) is 92.1 cm³/mol. The molecule has 1 unspecified atom stereocenters. The number of carbonyl (C=O) groups is 1. The summed E-state index contributed by atoms with van der Waals surface area (Å²) in [5.74, 6) is -4.28. The summed E-state index contributed by atoms with van der Waals surface area (Å²) in [6.45, 7) is 5.11. The fourth-order valence-electron chi connectivity index (χ4n) is 2.84. The Bertz CT molecular complexity index is 809. The van der Waals surface area contributed by atoms with Gasteiger partial charge in [0.1, 0.15) is 16.3 Å². The number of rotatable bonds is 4. The smallest absolute Gasteiger partial charge is 0.407 e. The summed E-state index contributed by atoms with van der Waals surface area (Å²) in [6, 6.07) is -0.101. The molecule has 2 rings (SSSR count). The number of hydrogen-bond acceptors (Lipinski definition) is 4. The van der Waals surface area contributed by atoms with Gasteiger partial charge in [0.05, 0.1) is 0 Å². The summed E-state index contributed by atoms with van der Waals surface area (Å²) in [5.41, 5.74) is -0.711. The summed E-state index contributed by atoms with van der Waals surface area (Å²) in [4.78, 5) is 10.9. The second kappa shape index (κ2) is 8.05. The van der Waals surface area contributed by atoms with Gasteiger partial charge in [-0.25, -0.2) is 26.4 Å². The molecule has 1 aromatic rings. The van der Waals surface area contributed by atoms with E-state index in [1.165, 1.54) is 0 Å². The highest BCUT2D eigenvalue weighted by atomic mass is 32.2. The number of ether oxygens (including phenoxy) is 1. The van der Waals surface area contributed by atoms with Crippen molar-refractivity contribution in [2.24, 2.45) is 0 Å². The van der Waals surface area contributed by atoms with Gasteiger partial charge in [-0.3, -0.25) is 0 Å². The van der Waals surface area contributed by atoms with Crippen molar-refractivity contribution in [3.8, 4) is 0 Å². The van der Waals surface area contributed by atoms with Crippen molar-refractivity contribution in [1.29, 1.82) is 0 Å². The third-order valence-electron chi connectivity index (χ3n) is 4.02. The van der Waals surface area contributed by atoms with Gasteiger partial charge in [0.25, 0.3) is 0 Å². The Labute approximate surface area is 156 Å². The van der Waals surface area contributed by atoms with E-state index < -0.39 is 50.1 Å². The first-order valence-electron chi connectivity index (χ1n) is 8.55. The van der Waals surface area contributed by atoms with Crippen LogP contribution in [-0.4, -0.2) is 43.5 Å².